The van der Waals surface area contributed by atoms with Gasteiger partial charge in [0.2, 0.25) is 0 Å². The van der Waals surface area contributed by atoms with Crippen molar-refractivity contribution in [3.63, 3.8) is 0 Å². The van der Waals surface area contributed by atoms with Gasteiger partial charge in [-0.3, -0.25) is 0 Å². The van der Waals surface area contributed by atoms with E-state index in [0.29, 0.717) is 32.7 Å². The molecule has 0 atom stereocenters. The van der Waals surface area contributed by atoms with E-state index in [1.54, 1.807) is 18.2 Å². The van der Waals surface area contributed by atoms with E-state index in [1.807, 2.05) is 36.4 Å². The number of hydrogen-bond donors (Lipinski definition) is 0. The Hall–Kier alpha value is -2.69. The van der Waals surface area contributed by atoms with Gasteiger partial charge in [0.05, 0.1) is 30.5 Å². The smallest absolute Gasteiger partial charge is 0.341 e. The molecule has 0 saturated heterocycles. The molecular weight excluding hydrogens is 387 g/mol. The topological polar surface area (TPSA) is 44.8 Å². The van der Waals surface area contributed by atoms with E-state index in [1.165, 1.54) is 20.5 Å². The molecule has 0 unspecified atom stereocenters. The van der Waals surface area contributed by atoms with Gasteiger partial charge in [0.1, 0.15) is 17.1 Å². The fraction of sp³-hybridized carbons (Fsp3) is 0.0952. The lowest BCUT2D eigenvalue weighted by Gasteiger charge is -2.12. The molecule has 0 radical (unpaired) electrons. The van der Waals surface area contributed by atoms with Gasteiger partial charge in [-0.2, -0.15) is 0 Å². The molecule has 0 N–H and O–H groups in total. The summed E-state index contributed by atoms with van der Waals surface area (Å²) in [6.07, 6.45) is 1.37. The molecule has 0 amide bonds. The summed E-state index contributed by atoms with van der Waals surface area (Å²) in [6, 6.07) is 16.3. The highest BCUT2D eigenvalue weighted by molar-refractivity contribution is 6.42. The largest absolute Gasteiger partial charge is 0.503 e. The Morgan fingerprint density at radius 1 is 0.926 bits per heavy atom. The second kappa shape index (κ2) is 8.33. The van der Waals surface area contributed by atoms with Crippen LogP contribution in [-0.4, -0.2) is 20.2 Å². The number of esters is 1. The minimum absolute atomic E-state index is 0.317. The molecule has 0 aliphatic rings. The number of fused-ring (bicyclic) bond motifs is 1. The molecule has 6 heteroatoms. The lowest BCUT2D eigenvalue weighted by atomic mass is 9.98. The number of benzene rings is 3. The Kier molecular flexibility index (Phi) is 5.89. The van der Waals surface area contributed by atoms with E-state index in [-0.39, 0.29) is 0 Å². The van der Waals surface area contributed by atoms with Crippen molar-refractivity contribution in [1.29, 1.82) is 0 Å². The van der Waals surface area contributed by atoms with Crippen LogP contribution < -0.4 is 4.74 Å². The highest BCUT2D eigenvalue weighted by atomic mass is 35.5. The van der Waals surface area contributed by atoms with E-state index >= 15 is 0 Å². The van der Waals surface area contributed by atoms with Crippen molar-refractivity contribution in [2.75, 3.05) is 14.2 Å². The number of methoxy groups -OCH3 is 2. The number of halogens is 2. The van der Waals surface area contributed by atoms with E-state index in [9.17, 15) is 4.79 Å². The van der Waals surface area contributed by atoms with Gasteiger partial charge in [-0.1, -0.05) is 47.5 Å². The zero-order chi connectivity index (χ0) is 19.4. The summed E-state index contributed by atoms with van der Waals surface area (Å²) >= 11 is 12.0. The maximum Gasteiger partial charge on any atom is 0.341 e. The normalized spacial score (nSPS) is 11.3. The Labute approximate surface area is 166 Å². The van der Waals surface area contributed by atoms with Crippen LogP contribution in [0.4, 0.5) is 0 Å². The molecule has 0 aromatic heterocycles. The molecule has 0 bridgehead atoms. The van der Waals surface area contributed by atoms with E-state index in [4.69, 9.17) is 37.4 Å². The third-order valence-electron chi connectivity index (χ3n) is 3.91. The quantitative estimate of drug-likeness (QED) is 0.293. The Bertz CT molecular complexity index is 1030. The predicted octanol–water partition coefficient (Wildman–Crippen LogP) is 6.10. The summed E-state index contributed by atoms with van der Waals surface area (Å²) in [7, 11) is 2.81. The third kappa shape index (κ3) is 4.18. The SMILES string of the molecule is CO/C=C(/C(=O)OC)c1cccc2ccc(Oc3ccc(Cl)c(Cl)c3)cc12. The van der Waals surface area contributed by atoms with Crippen LogP contribution in [0, 0.1) is 0 Å². The molecule has 3 aromatic rings. The summed E-state index contributed by atoms with van der Waals surface area (Å²) in [5, 5.41) is 2.63. The maximum absolute atomic E-state index is 12.2. The molecule has 0 fully saturated rings. The summed E-state index contributed by atoms with van der Waals surface area (Å²) in [6.45, 7) is 0. The van der Waals surface area contributed by atoms with Gasteiger partial charge in [0.25, 0.3) is 0 Å². The van der Waals surface area contributed by atoms with Crippen molar-refractivity contribution in [3.8, 4) is 11.5 Å². The Morgan fingerprint density at radius 3 is 2.37 bits per heavy atom. The molecule has 0 aliphatic carbocycles. The molecule has 0 aliphatic heterocycles. The first-order chi connectivity index (χ1) is 13.0. The fourth-order valence-electron chi connectivity index (χ4n) is 2.68. The second-order valence-corrected chi connectivity index (χ2v) is 6.44. The van der Waals surface area contributed by atoms with Crippen molar-refractivity contribution in [2.45, 2.75) is 0 Å². The standard InChI is InChI=1S/C21H16Cl2O4/c1-25-12-18(21(24)26-2)16-5-3-4-13-6-7-14(10-17(13)16)27-15-8-9-19(22)20(23)11-15/h3-12H,1-2H3/b18-12+. The first kappa shape index (κ1) is 19.1. The number of carbonyl (C=O) groups excluding carboxylic acids is 1. The van der Waals surface area contributed by atoms with Crippen LogP contribution in [0.1, 0.15) is 5.56 Å². The molecule has 3 aromatic carbocycles. The molecule has 3 rings (SSSR count). The first-order valence-corrected chi connectivity index (χ1v) is 8.76. The third-order valence-corrected chi connectivity index (χ3v) is 4.65. The van der Waals surface area contributed by atoms with Crippen molar-refractivity contribution in [3.05, 3.63) is 76.5 Å². The fourth-order valence-corrected chi connectivity index (χ4v) is 2.96. The molecule has 27 heavy (non-hydrogen) atoms. The number of ether oxygens (including phenoxy) is 3. The lowest BCUT2D eigenvalue weighted by Crippen LogP contribution is -2.05. The highest BCUT2D eigenvalue weighted by Crippen LogP contribution is 2.33. The summed E-state index contributed by atoms with van der Waals surface area (Å²) in [5.74, 6) is 0.664. The van der Waals surface area contributed by atoms with Crippen LogP contribution in [-0.2, 0) is 14.3 Å². The summed E-state index contributed by atoms with van der Waals surface area (Å²) < 4.78 is 15.8. The van der Waals surface area contributed by atoms with E-state index < -0.39 is 5.97 Å². The van der Waals surface area contributed by atoms with Crippen molar-refractivity contribution >= 4 is 45.5 Å². The Morgan fingerprint density at radius 2 is 1.67 bits per heavy atom. The average Bonchev–Trinajstić information content (AvgIpc) is 2.68. The molecule has 4 nitrogen and oxygen atoms in total. The molecular formula is C21H16Cl2O4. The van der Waals surface area contributed by atoms with E-state index in [2.05, 4.69) is 0 Å². The van der Waals surface area contributed by atoms with Crippen molar-refractivity contribution < 1.29 is 19.0 Å². The second-order valence-electron chi connectivity index (χ2n) is 5.63. The van der Waals surface area contributed by atoms with Gasteiger partial charge in [0, 0.05) is 11.6 Å². The van der Waals surface area contributed by atoms with Gasteiger partial charge in [-0.25, -0.2) is 4.79 Å². The lowest BCUT2D eigenvalue weighted by molar-refractivity contribution is -0.133. The molecule has 138 valence electrons. The average molecular weight is 403 g/mol. The number of rotatable bonds is 5. The van der Waals surface area contributed by atoms with Crippen LogP contribution >= 0.6 is 23.2 Å². The van der Waals surface area contributed by atoms with Gasteiger partial charge in [-0.15, -0.1) is 0 Å². The van der Waals surface area contributed by atoms with Crippen LogP contribution in [0.25, 0.3) is 16.3 Å². The monoisotopic (exact) mass is 402 g/mol. The van der Waals surface area contributed by atoms with E-state index in [0.717, 1.165) is 10.8 Å². The highest BCUT2D eigenvalue weighted by Gasteiger charge is 2.16. The zero-order valence-electron chi connectivity index (χ0n) is 14.7. The van der Waals surface area contributed by atoms with Crippen molar-refractivity contribution in [1.82, 2.24) is 0 Å². The van der Waals surface area contributed by atoms with Gasteiger partial charge in [0.15, 0.2) is 0 Å². The Balaban J connectivity index is 2.06. The van der Waals surface area contributed by atoms with Crippen molar-refractivity contribution in [2.24, 2.45) is 0 Å². The van der Waals surface area contributed by atoms with Crippen LogP contribution in [0.3, 0.4) is 0 Å². The van der Waals surface area contributed by atoms with Crippen LogP contribution in [0.5, 0.6) is 11.5 Å². The van der Waals surface area contributed by atoms with Crippen LogP contribution in [0.2, 0.25) is 10.0 Å². The minimum Gasteiger partial charge on any atom is -0.503 e. The first-order valence-electron chi connectivity index (χ1n) is 8.01. The molecule has 0 saturated carbocycles. The number of hydrogen-bond acceptors (Lipinski definition) is 4. The molecule has 0 heterocycles. The summed E-state index contributed by atoms with van der Waals surface area (Å²) in [5.41, 5.74) is 0.998. The van der Waals surface area contributed by atoms with Gasteiger partial charge in [-0.05, 0) is 35.0 Å². The van der Waals surface area contributed by atoms with Crippen LogP contribution in [0.15, 0.2) is 60.9 Å². The predicted molar refractivity (Wildman–Crippen MR) is 107 cm³/mol. The summed E-state index contributed by atoms with van der Waals surface area (Å²) in [4.78, 5) is 12.2. The minimum atomic E-state index is -0.486. The number of carbonyl (C=O) groups is 1. The van der Waals surface area contributed by atoms with Gasteiger partial charge >= 0.3 is 5.97 Å². The van der Waals surface area contributed by atoms with Gasteiger partial charge < -0.3 is 14.2 Å². The maximum atomic E-state index is 12.2. The molecule has 0 spiro atoms. The zero-order valence-corrected chi connectivity index (χ0v) is 16.2.